The average molecular weight is 299 g/mol. The topological polar surface area (TPSA) is 41.5 Å². The number of methoxy groups -OCH3 is 1. The lowest BCUT2D eigenvalue weighted by atomic mass is 10.1. The number of rotatable bonds is 2. The predicted octanol–water partition coefficient (Wildman–Crippen LogP) is 2.78. The van der Waals surface area contributed by atoms with E-state index in [-0.39, 0.29) is 0 Å². The molecule has 0 unspecified atom stereocenters. The van der Waals surface area contributed by atoms with Crippen LogP contribution in [0.3, 0.4) is 0 Å². The van der Waals surface area contributed by atoms with Crippen molar-refractivity contribution in [3.8, 4) is 11.5 Å². The maximum atomic E-state index is 8.92. The van der Waals surface area contributed by atoms with Crippen molar-refractivity contribution in [2.24, 2.45) is 0 Å². The van der Waals surface area contributed by atoms with Gasteiger partial charge in [0.25, 0.3) is 0 Å². The molecule has 0 aliphatic carbocycles. The van der Waals surface area contributed by atoms with Crippen molar-refractivity contribution in [2.75, 3.05) is 14.2 Å². The molecule has 0 spiro atoms. The number of phenolic OH excluding ortho intramolecular Hbond substituents is 1. The monoisotopic (exact) mass is 299 g/mol. The first-order valence-electron chi connectivity index (χ1n) is 7.21. The summed E-state index contributed by atoms with van der Waals surface area (Å²) in [6.07, 6.45) is 0. The number of phenols is 1. The molecule has 0 radical (unpaired) electrons. The van der Waals surface area contributed by atoms with E-state index >= 15 is 0 Å². The van der Waals surface area contributed by atoms with E-state index in [9.17, 15) is 0 Å². The molecule has 0 bridgehead atoms. The van der Waals surface area contributed by atoms with Crippen LogP contribution in [-0.2, 0) is 10.6 Å². The molecule has 1 heterocycles. The summed E-state index contributed by atoms with van der Waals surface area (Å²) in [5.41, 5.74) is 3.93. The van der Waals surface area contributed by atoms with Gasteiger partial charge < -0.3 is 14.1 Å². The van der Waals surface area contributed by atoms with Crippen molar-refractivity contribution in [3.63, 3.8) is 0 Å². The van der Waals surface area contributed by atoms with Crippen LogP contribution in [-0.4, -0.2) is 33.6 Å². The largest absolute Gasteiger partial charge is 0.508 e. The van der Waals surface area contributed by atoms with Crippen molar-refractivity contribution >= 4 is 14.4 Å². The third-order valence-corrected chi connectivity index (χ3v) is 6.55. The molecule has 2 aromatic rings. The highest BCUT2D eigenvalue weighted by molar-refractivity contribution is 6.56. The van der Waals surface area contributed by atoms with Crippen LogP contribution in [0.2, 0.25) is 0 Å². The Morgan fingerprint density at radius 1 is 1.10 bits per heavy atom. The molecule has 0 atom stereocenters. The Morgan fingerprint density at radius 3 is 2.38 bits per heavy atom. The van der Waals surface area contributed by atoms with Gasteiger partial charge in [-0.05, 0) is 37.7 Å². The fraction of sp³-hybridized carbons (Fsp3) is 0.294. The van der Waals surface area contributed by atoms with E-state index in [4.69, 9.17) is 9.84 Å². The SMILES string of the molecule is C[NH][Al]1[CH2]c2ccc(OC)cc2[CH2]1.Cc1ccccc1O. The molecule has 0 fully saturated rings. The normalized spacial score (nSPS) is 12.4. The highest BCUT2D eigenvalue weighted by Crippen LogP contribution is 2.24. The molecule has 1 aliphatic heterocycles. The average Bonchev–Trinajstić information content (AvgIpc) is 2.93. The molecule has 110 valence electrons. The van der Waals surface area contributed by atoms with Gasteiger partial charge in [0.2, 0.25) is 0 Å². The number of hydrogen-bond acceptors (Lipinski definition) is 3. The van der Waals surface area contributed by atoms with Crippen molar-refractivity contribution in [1.29, 1.82) is 0 Å². The Hall–Kier alpha value is -1.47. The molecule has 0 amide bonds. The van der Waals surface area contributed by atoms with Crippen LogP contribution < -0.4 is 9.04 Å². The molecule has 4 heteroatoms. The maximum Gasteiger partial charge on any atom is 0.379 e. The van der Waals surface area contributed by atoms with Gasteiger partial charge in [-0.25, -0.2) is 0 Å². The second-order valence-electron chi connectivity index (χ2n) is 5.31. The summed E-state index contributed by atoms with van der Waals surface area (Å²) < 4.78 is 8.65. The number of para-hydroxylation sites is 1. The zero-order valence-electron chi connectivity index (χ0n) is 12.9. The number of nitrogens with one attached hydrogen (secondary N) is 1. The van der Waals surface area contributed by atoms with Crippen molar-refractivity contribution < 1.29 is 9.84 Å². The summed E-state index contributed by atoms with van der Waals surface area (Å²) in [6, 6.07) is 13.7. The second-order valence-corrected chi connectivity index (χ2v) is 8.10. The highest BCUT2D eigenvalue weighted by atomic mass is 27.2. The first kappa shape index (κ1) is 15.9. The van der Waals surface area contributed by atoms with Crippen LogP contribution in [0.4, 0.5) is 0 Å². The smallest absolute Gasteiger partial charge is 0.379 e. The molecule has 0 aromatic heterocycles. The Labute approximate surface area is 131 Å². The standard InChI is InChI=1S/C9H10O.C7H8O.CH4N.Al/c1-7-4-5-9(10-3)6-8(7)2;1-6-4-2-3-5-7(6)8;1-2;/h4-6H,1-2H2,3H3;2-5,8H,1H3;2H,1H3;/q;;-1;+1. The zero-order valence-corrected chi connectivity index (χ0v) is 14.0. The molecule has 1 aliphatic rings. The van der Waals surface area contributed by atoms with Crippen molar-refractivity contribution in [2.45, 2.75) is 17.5 Å². The Bertz CT molecular complexity index is 580. The van der Waals surface area contributed by atoms with E-state index in [1.54, 1.807) is 13.2 Å². The fourth-order valence-corrected chi connectivity index (χ4v) is 4.88. The van der Waals surface area contributed by atoms with Gasteiger partial charge in [-0.15, -0.1) is 0 Å². The summed E-state index contributed by atoms with van der Waals surface area (Å²) in [7, 11) is 3.81. The molecule has 3 nitrogen and oxygen atoms in total. The minimum absolute atomic E-state index is 0.368. The number of fused-ring (bicyclic) bond motifs is 1. The lowest BCUT2D eigenvalue weighted by Gasteiger charge is -2.02. The second kappa shape index (κ2) is 7.52. The van der Waals surface area contributed by atoms with Crippen molar-refractivity contribution in [3.05, 3.63) is 59.2 Å². The summed E-state index contributed by atoms with van der Waals surface area (Å²) >= 11 is -0.685. The highest BCUT2D eigenvalue weighted by Gasteiger charge is 2.26. The fourth-order valence-electron chi connectivity index (χ4n) is 2.49. The third-order valence-electron chi connectivity index (χ3n) is 3.87. The number of aryl methyl sites for hydroxylation is 1. The molecule has 2 N–H and O–H groups in total. The van der Waals surface area contributed by atoms with E-state index in [1.165, 1.54) is 21.7 Å². The first-order chi connectivity index (χ1) is 10.1. The van der Waals surface area contributed by atoms with Crippen LogP contribution in [0, 0.1) is 6.92 Å². The number of hydrogen-bond donors (Lipinski definition) is 2. The minimum Gasteiger partial charge on any atom is -0.508 e. The summed E-state index contributed by atoms with van der Waals surface area (Å²) in [5, 5.41) is 11.5. The van der Waals surface area contributed by atoms with Gasteiger partial charge in [0.1, 0.15) is 11.5 Å². The van der Waals surface area contributed by atoms with E-state index in [2.05, 4.69) is 29.5 Å². The van der Waals surface area contributed by atoms with Gasteiger partial charge in [-0.2, -0.15) is 0 Å². The number of aromatic hydroxyl groups is 1. The zero-order chi connectivity index (χ0) is 15.2. The van der Waals surface area contributed by atoms with Crippen LogP contribution in [0.5, 0.6) is 11.5 Å². The van der Waals surface area contributed by atoms with Gasteiger partial charge >= 0.3 is 14.4 Å². The Balaban J connectivity index is 0.000000173. The lowest BCUT2D eigenvalue weighted by molar-refractivity contribution is 0.414. The molecule has 2 aromatic carbocycles. The van der Waals surface area contributed by atoms with Crippen LogP contribution >= 0.6 is 0 Å². The van der Waals surface area contributed by atoms with Crippen molar-refractivity contribution in [1.82, 2.24) is 4.30 Å². The lowest BCUT2D eigenvalue weighted by Crippen LogP contribution is -2.31. The minimum atomic E-state index is -0.685. The van der Waals surface area contributed by atoms with E-state index in [0.717, 1.165) is 11.3 Å². The summed E-state index contributed by atoms with van der Waals surface area (Å²) in [5.74, 6) is 1.36. The van der Waals surface area contributed by atoms with Gasteiger partial charge in [0, 0.05) is 0 Å². The maximum absolute atomic E-state index is 8.92. The number of benzene rings is 2. The quantitative estimate of drug-likeness (QED) is 0.838. The predicted molar refractivity (Wildman–Crippen MR) is 88.1 cm³/mol. The summed E-state index contributed by atoms with van der Waals surface area (Å²) in [6.45, 7) is 1.87. The van der Waals surface area contributed by atoms with Crippen LogP contribution in [0.1, 0.15) is 16.7 Å². The molecular formula is C17H22AlNO2. The van der Waals surface area contributed by atoms with Gasteiger partial charge in [0.05, 0.1) is 7.11 Å². The summed E-state index contributed by atoms with van der Waals surface area (Å²) in [4.78, 5) is 0. The van der Waals surface area contributed by atoms with Gasteiger partial charge in [-0.3, -0.25) is 0 Å². The van der Waals surface area contributed by atoms with E-state index in [0.29, 0.717) is 5.75 Å². The molecule has 21 heavy (non-hydrogen) atoms. The third kappa shape index (κ3) is 4.25. The number of ether oxygens (including phenoxy) is 1. The molecule has 0 saturated carbocycles. The molecule has 3 rings (SSSR count). The Kier molecular flexibility index (Phi) is 5.69. The molecule has 0 saturated heterocycles. The van der Waals surface area contributed by atoms with Gasteiger partial charge in [-0.1, -0.05) is 46.0 Å². The molecular weight excluding hydrogens is 277 g/mol. The van der Waals surface area contributed by atoms with Gasteiger partial charge in [0.15, 0.2) is 0 Å². The van der Waals surface area contributed by atoms with E-state index < -0.39 is 14.4 Å². The first-order valence-corrected chi connectivity index (χ1v) is 9.42. The van der Waals surface area contributed by atoms with Crippen LogP contribution in [0.25, 0.3) is 0 Å². The van der Waals surface area contributed by atoms with E-state index in [1.807, 2.05) is 25.1 Å². The van der Waals surface area contributed by atoms with Crippen LogP contribution in [0.15, 0.2) is 42.5 Å². The Morgan fingerprint density at radius 2 is 1.81 bits per heavy atom.